The predicted octanol–water partition coefficient (Wildman–Crippen LogP) is 1.48. The summed E-state index contributed by atoms with van der Waals surface area (Å²) in [6.07, 6.45) is 1.49. The van der Waals surface area contributed by atoms with Crippen LogP contribution >= 0.6 is 0 Å². The van der Waals surface area contributed by atoms with Gasteiger partial charge in [-0.3, -0.25) is 19.2 Å². The molecule has 2 aromatic rings. The fourth-order valence-electron chi connectivity index (χ4n) is 3.39. The van der Waals surface area contributed by atoms with Gasteiger partial charge in [0.1, 0.15) is 5.84 Å². The summed E-state index contributed by atoms with van der Waals surface area (Å²) in [5.41, 5.74) is 1.41. The second kappa shape index (κ2) is 7.40. The second-order valence-electron chi connectivity index (χ2n) is 7.09. The van der Waals surface area contributed by atoms with Gasteiger partial charge >= 0.3 is 0 Å². The van der Waals surface area contributed by atoms with Crippen LogP contribution in [0.1, 0.15) is 18.4 Å². The molecule has 0 radical (unpaired) electrons. The monoisotopic (exact) mass is 448 g/mol. The summed E-state index contributed by atoms with van der Waals surface area (Å²) in [5.74, 6) is 0.295. The van der Waals surface area contributed by atoms with Crippen LogP contribution in [-0.2, 0) is 31.3 Å². The summed E-state index contributed by atoms with van der Waals surface area (Å²) in [7, 11) is -6.20. The molecule has 0 unspecified atom stereocenters. The molecule has 4 rings (SSSR count). The molecule has 2 N–H and O–H groups in total. The number of nitrogens with one attached hydrogen (secondary N) is 2. The normalized spacial score (nSPS) is 16.4. The number of nitrogens with zero attached hydrogens (tertiary/aromatic N) is 2. The van der Waals surface area contributed by atoms with E-state index in [2.05, 4.69) is 14.4 Å². The van der Waals surface area contributed by atoms with Gasteiger partial charge in [-0.15, -0.1) is 0 Å². The quantitative estimate of drug-likeness (QED) is 0.717. The van der Waals surface area contributed by atoms with E-state index in [1.165, 1.54) is 41.3 Å². The molecule has 2 aliphatic rings. The van der Waals surface area contributed by atoms with Crippen LogP contribution in [0.5, 0.6) is 0 Å². The van der Waals surface area contributed by atoms with Crippen molar-refractivity contribution in [2.75, 3.05) is 23.2 Å². The lowest BCUT2D eigenvalue weighted by atomic mass is 10.2. The van der Waals surface area contributed by atoms with Crippen molar-refractivity contribution in [2.45, 2.75) is 29.1 Å². The number of aliphatic imine (C=N–C) groups is 1. The Morgan fingerprint density at radius 3 is 2.43 bits per heavy atom. The number of hydrogen-bond acceptors (Lipinski definition) is 6. The van der Waals surface area contributed by atoms with Crippen LogP contribution in [0.25, 0.3) is 0 Å². The first-order chi connectivity index (χ1) is 14.2. The van der Waals surface area contributed by atoms with Gasteiger partial charge in [0, 0.05) is 25.7 Å². The van der Waals surface area contributed by atoms with E-state index in [0.29, 0.717) is 30.1 Å². The fourth-order valence-corrected chi connectivity index (χ4v) is 5.63. The van der Waals surface area contributed by atoms with Gasteiger partial charge in [0.05, 0.1) is 21.9 Å². The summed E-state index contributed by atoms with van der Waals surface area (Å²) < 4.78 is 55.6. The molecule has 2 aliphatic heterocycles. The molecular formula is C19H20N4O5S2. The number of likely N-dealkylation sites (N-methyl/N-ethyl adjacent to an activating group) is 1. The Morgan fingerprint density at radius 1 is 0.967 bits per heavy atom. The average molecular weight is 449 g/mol. The lowest BCUT2D eigenvalue weighted by Crippen LogP contribution is -2.29. The number of carbonyl (C=O) groups excluding carboxylic acids is 1. The first kappa shape index (κ1) is 20.4. The zero-order chi connectivity index (χ0) is 21.5. The maximum absolute atomic E-state index is 12.8. The molecule has 0 saturated heterocycles. The van der Waals surface area contributed by atoms with E-state index < -0.39 is 20.0 Å². The summed E-state index contributed by atoms with van der Waals surface area (Å²) in [5, 5.41) is 0. The van der Waals surface area contributed by atoms with Crippen molar-refractivity contribution in [1.82, 2.24) is 4.72 Å². The third kappa shape index (κ3) is 3.90. The van der Waals surface area contributed by atoms with E-state index in [9.17, 15) is 21.6 Å². The molecule has 0 aromatic heterocycles. The van der Waals surface area contributed by atoms with Gasteiger partial charge in [0.25, 0.3) is 20.0 Å². The molecule has 2 aromatic carbocycles. The number of anilines is 2. The first-order valence-corrected chi connectivity index (χ1v) is 12.2. The van der Waals surface area contributed by atoms with Gasteiger partial charge in [0.15, 0.2) is 0 Å². The summed E-state index contributed by atoms with van der Waals surface area (Å²) in [6.45, 7) is 0.583. The Kier molecular flexibility index (Phi) is 5.02. The fraction of sp³-hybridized carbons (Fsp3) is 0.263. The molecule has 0 spiro atoms. The Balaban J connectivity index is 1.58. The van der Waals surface area contributed by atoms with Crippen molar-refractivity contribution in [3.63, 3.8) is 0 Å². The molecule has 0 aliphatic carbocycles. The van der Waals surface area contributed by atoms with E-state index in [4.69, 9.17) is 0 Å². The molecule has 158 valence electrons. The Hall–Kier alpha value is -2.92. The van der Waals surface area contributed by atoms with Crippen LogP contribution in [0.3, 0.4) is 0 Å². The SMILES string of the molecule is CN1C(=O)Cc2cc(S(=O)(=O)Nc3cccc(S(=O)(=O)NC4=NCCC4)c3)ccc21. The first-order valence-electron chi connectivity index (χ1n) is 9.24. The lowest BCUT2D eigenvalue weighted by molar-refractivity contribution is -0.117. The Labute approximate surface area is 174 Å². The third-order valence-electron chi connectivity index (χ3n) is 4.96. The second-order valence-corrected chi connectivity index (χ2v) is 10.5. The van der Waals surface area contributed by atoms with Crippen LogP contribution in [-0.4, -0.2) is 42.2 Å². The van der Waals surface area contributed by atoms with Crippen molar-refractivity contribution >= 4 is 43.2 Å². The maximum atomic E-state index is 12.8. The number of fused-ring (bicyclic) bond motifs is 1. The van der Waals surface area contributed by atoms with E-state index in [0.717, 1.165) is 6.42 Å². The highest BCUT2D eigenvalue weighted by Gasteiger charge is 2.26. The van der Waals surface area contributed by atoms with Crippen LogP contribution in [0.2, 0.25) is 0 Å². The largest absolute Gasteiger partial charge is 0.315 e. The molecule has 0 atom stereocenters. The summed E-state index contributed by atoms with van der Waals surface area (Å²) >= 11 is 0. The highest BCUT2D eigenvalue weighted by Crippen LogP contribution is 2.30. The van der Waals surface area contributed by atoms with Crippen LogP contribution in [0, 0.1) is 0 Å². The van der Waals surface area contributed by atoms with Crippen molar-refractivity contribution in [3.05, 3.63) is 48.0 Å². The minimum atomic E-state index is -3.97. The van der Waals surface area contributed by atoms with Crippen molar-refractivity contribution in [2.24, 2.45) is 4.99 Å². The summed E-state index contributed by atoms with van der Waals surface area (Å²) in [4.78, 5) is 17.3. The minimum Gasteiger partial charge on any atom is -0.315 e. The highest BCUT2D eigenvalue weighted by molar-refractivity contribution is 7.92. The molecule has 2 heterocycles. The Morgan fingerprint density at radius 2 is 1.70 bits per heavy atom. The smallest absolute Gasteiger partial charge is 0.262 e. The van der Waals surface area contributed by atoms with Gasteiger partial charge in [-0.25, -0.2) is 16.8 Å². The van der Waals surface area contributed by atoms with Crippen LogP contribution in [0.15, 0.2) is 57.2 Å². The van der Waals surface area contributed by atoms with Gasteiger partial charge in [-0.05, 0) is 48.4 Å². The molecule has 0 fully saturated rings. The summed E-state index contributed by atoms with van der Waals surface area (Å²) in [6, 6.07) is 10.0. The minimum absolute atomic E-state index is 0.00366. The van der Waals surface area contributed by atoms with E-state index in [1.54, 1.807) is 13.1 Å². The van der Waals surface area contributed by atoms with E-state index in [-0.39, 0.29) is 27.8 Å². The van der Waals surface area contributed by atoms with E-state index >= 15 is 0 Å². The van der Waals surface area contributed by atoms with Crippen LogP contribution in [0.4, 0.5) is 11.4 Å². The Bertz CT molecular complexity index is 1270. The number of amides is 1. The zero-order valence-corrected chi connectivity index (χ0v) is 17.8. The van der Waals surface area contributed by atoms with Crippen molar-refractivity contribution < 1.29 is 21.6 Å². The highest BCUT2D eigenvalue weighted by atomic mass is 32.2. The average Bonchev–Trinajstić information content (AvgIpc) is 3.29. The number of sulfonamides is 2. The van der Waals surface area contributed by atoms with Gasteiger partial charge in [-0.2, -0.15) is 0 Å². The van der Waals surface area contributed by atoms with Gasteiger partial charge in [-0.1, -0.05) is 6.07 Å². The topological polar surface area (TPSA) is 125 Å². The standard InChI is InChI=1S/C19H20N4O5S2/c1-23-17-8-7-16(10-13(17)11-19(23)24)29(25,26)21-14-4-2-5-15(12-14)30(27,28)22-18-6-3-9-20-18/h2,4-5,7-8,10,12,21H,3,6,9,11H2,1H3,(H,20,22). The number of amidine groups is 1. The van der Waals surface area contributed by atoms with Gasteiger partial charge < -0.3 is 4.90 Å². The van der Waals surface area contributed by atoms with Crippen molar-refractivity contribution in [3.8, 4) is 0 Å². The number of hydrogen-bond donors (Lipinski definition) is 2. The molecule has 1 amide bonds. The van der Waals surface area contributed by atoms with Gasteiger partial charge in [0.2, 0.25) is 5.91 Å². The number of rotatable bonds is 5. The third-order valence-corrected chi connectivity index (χ3v) is 7.72. The molecule has 0 saturated carbocycles. The predicted molar refractivity (Wildman–Crippen MR) is 113 cm³/mol. The molecule has 0 bridgehead atoms. The molecule has 11 heteroatoms. The number of carbonyl (C=O) groups is 1. The van der Waals surface area contributed by atoms with Crippen molar-refractivity contribution in [1.29, 1.82) is 0 Å². The zero-order valence-electron chi connectivity index (χ0n) is 16.1. The number of benzene rings is 2. The van der Waals surface area contributed by atoms with Crippen LogP contribution < -0.4 is 14.3 Å². The molecule has 9 nitrogen and oxygen atoms in total. The lowest BCUT2D eigenvalue weighted by Gasteiger charge is -2.13. The molecular weight excluding hydrogens is 428 g/mol. The molecule has 30 heavy (non-hydrogen) atoms. The maximum Gasteiger partial charge on any atom is 0.262 e. The van der Waals surface area contributed by atoms with E-state index in [1.807, 2.05) is 0 Å².